The normalized spacial score (nSPS) is 11.5. The molecule has 0 aromatic heterocycles. The molecule has 0 atom stereocenters. The number of benzene rings is 4. The summed E-state index contributed by atoms with van der Waals surface area (Å²) in [5.41, 5.74) is 3.03. The topological polar surface area (TPSA) is 95.9 Å². The van der Waals surface area contributed by atoms with Crippen LogP contribution in [0.15, 0.2) is 65.6 Å². The van der Waals surface area contributed by atoms with Crippen LogP contribution in [0.4, 0.5) is 5.69 Å². The number of sulfonamides is 1. The van der Waals surface area contributed by atoms with Crippen molar-refractivity contribution in [2.24, 2.45) is 0 Å². The molecule has 0 aliphatic rings. The zero-order chi connectivity index (χ0) is 23.9. The zero-order valence-electron chi connectivity index (χ0n) is 18.8. The van der Waals surface area contributed by atoms with Gasteiger partial charge in [0, 0.05) is 11.1 Å². The van der Waals surface area contributed by atoms with Crippen LogP contribution < -0.4 is 9.46 Å². The number of ether oxygens (including phenoxy) is 1. The van der Waals surface area contributed by atoms with E-state index >= 15 is 0 Å². The van der Waals surface area contributed by atoms with Crippen LogP contribution in [0.2, 0.25) is 0 Å². The molecule has 4 aromatic carbocycles. The summed E-state index contributed by atoms with van der Waals surface area (Å²) in [4.78, 5) is 0.139. The van der Waals surface area contributed by atoms with Crippen molar-refractivity contribution in [3.63, 3.8) is 0 Å². The van der Waals surface area contributed by atoms with Gasteiger partial charge in [-0.05, 0) is 85.1 Å². The monoisotopic (exact) mass is 463 g/mol. The minimum atomic E-state index is -3.85. The quantitative estimate of drug-likeness (QED) is 0.332. The van der Waals surface area contributed by atoms with E-state index in [1.165, 1.54) is 0 Å². The van der Waals surface area contributed by atoms with Crippen molar-refractivity contribution in [3.05, 3.63) is 77.4 Å². The molecule has 0 saturated carbocycles. The van der Waals surface area contributed by atoms with Crippen LogP contribution in [0, 0.1) is 20.8 Å². The van der Waals surface area contributed by atoms with E-state index in [0.29, 0.717) is 39.1 Å². The molecular weight excluding hydrogens is 438 g/mol. The van der Waals surface area contributed by atoms with E-state index < -0.39 is 10.0 Å². The van der Waals surface area contributed by atoms with Gasteiger partial charge in [-0.25, -0.2) is 8.42 Å². The van der Waals surface area contributed by atoms with Gasteiger partial charge in [0.15, 0.2) is 0 Å². The Labute approximate surface area is 193 Å². The summed E-state index contributed by atoms with van der Waals surface area (Å²) < 4.78 is 34.0. The second-order valence-electron chi connectivity index (χ2n) is 8.05. The number of aromatic hydroxyl groups is 2. The van der Waals surface area contributed by atoms with Gasteiger partial charge in [0.25, 0.3) is 10.0 Å². The molecule has 33 heavy (non-hydrogen) atoms. The summed E-state index contributed by atoms with van der Waals surface area (Å²) in [7, 11) is -2.28. The highest BCUT2D eigenvalue weighted by Crippen LogP contribution is 2.46. The molecule has 0 fully saturated rings. The average molecular weight is 464 g/mol. The fraction of sp³-hybridized carbons (Fsp3) is 0.154. The minimum Gasteiger partial charge on any atom is -0.507 e. The fourth-order valence-electron chi connectivity index (χ4n) is 3.92. The maximum Gasteiger partial charge on any atom is 0.261 e. The molecule has 0 heterocycles. The number of aryl methyl sites for hydroxylation is 2. The molecule has 0 saturated heterocycles. The fourth-order valence-corrected chi connectivity index (χ4v) is 5.04. The van der Waals surface area contributed by atoms with Crippen LogP contribution in [0.25, 0.3) is 21.9 Å². The number of nitrogens with one attached hydrogen (secondary N) is 1. The number of rotatable bonds is 5. The van der Waals surface area contributed by atoms with Gasteiger partial charge in [-0.15, -0.1) is 0 Å². The van der Waals surface area contributed by atoms with E-state index in [1.807, 2.05) is 13.0 Å². The van der Waals surface area contributed by atoms with E-state index in [1.54, 1.807) is 75.6 Å². The molecule has 170 valence electrons. The van der Waals surface area contributed by atoms with E-state index in [2.05, 4.69) is 4.72 Å². The second kappa shape index (κ2) is 8.33. The van der Waals surface area contributed by atoms with Gasteiger partial charge >= 0.3 is 0 Å². The number of phenols is 2. The van der Waals surface area contributed by atoms with Crippen molar-refractivity contribution in [1.29, 1.82) is 0 Å². The molecule has 0 radical (unpaired) electrons. The van der Waals surface area contributed by atoms with Gasteiger partial charge in [-0.2, -0.15) is 0 Å². The molecule has 7 heteroatoms. The van der Waals surface area contributed by atoms with Gasteiger partial charge < -0.3 is 14.9 Å². The Hall–Kier alpha value is -3.71. The highest BCUT2D eigenvalue weighted by atomic mass is 32.2. The van der Waals surface area contributed by atoms with Crippen LogP contribution in [0.5, 0.6) is 17.2 Å². The minimum absolute atomic E-state index is 0.0237. The number of methoxy groups -OCH3 is 1. The lowest BCUT2D eigenvalue weighted by Crippen LogP contribution is -2.14. The van der Waals surface area contributed by atoms with E-state index in [9.17, 15) is 18.6 Å². The number of hydrogen-bond acceptors (Lipinski definition) is 5. The third-order valence-electron chi connectivity index (χ3n) is 5.78. The second-order valence-corrected chi connectivity index (χ2v) is 9.74. The van der Waals surface area contributed by atoms with E-state index in [-0.39, 0.29) is 16.4 Å². The third-order valence-corrected chi connectivity index (χ3v) is 7.16. The van der Waals surface area contributed by atoms with E-state index in [4.69, 9.17) is 4.74 Å². The molecule has 0 bridgehead atoms. The first kappa shape index (κ1) is 22.5. The first-order valence-corrected chi connectivity index (χ1v) is 11.8. The maximum atomic E-state index is 13.0. The maximum absolute atomic E-state index is 13.0. The molecule has 3 N–H and O–H groups in total. The van der Waals surface area contributed by atoms with Gasteiger partial charge in [-0.3, -0.25) is 4.72 Å². The summed E-state index contributed by atoms with van der Waals surface area (Å²) >= 11 is 0. The molecule has 0 unspecified atom stereocenters. The largest absolute Gasteiger partial charge is 0.507 e. The third kappa shape index (κ3) is 4.07. The summed E-state index contributed by atoms with van der Waals surface area (Å²) in [5, 5.41) is 23.3. The van der Waals surface area contributed by atoms with Crippen molar-refractivity contribution in [2.45, 2.75) is 25.7 Å². The molecule has 6 nitrogen and oxygen atoms in total. The first-order valence-electron chi connectivity index (χ1n) is 10.3. The average Bonchev–Trinajstić information content (AvgIpc) is 2.78. The molecular formula is C26H25NO5S. The summed E-state index contributed by atoms with van der Waals surface area (Å²) in [6.07, 6.45) is 0. The lowest BCUT2D eigenvalue weighted by Gasteiger charge is -2.19. The van der Waals surface area contributed by atoms with Crippen molar-refractivity contribution in [1.82, 2.24) is 0 Å². The van der Waals surface area contributed by atoms with Gasteiger partial charge in [0.05, 0.1) is 17.7 Å². The van der Waals surface area contributed by atoms with Crippen molar-refractivity contribution < 1.29 is 23.4 Å². The van der Waals surface area contributed by atoms with Gasteiger partial charge in [-0.1, -0.05) is 23.8 Å². The van der Waals surface area contributed by atoms with Crippen LogP contribution in [0.3, 0.4) is 0 Å². The molecule has 0 aliphatic carbocycles. The SMILES string of the molecule is COc1ccc2c(-c3c(C)c(NS(=O)(=O)c4ccc(C)cc4)cc(C)c3O)c(O)ccc2c1. The number of phenolic OH excluding ortho intramolecular Hbond substituents is 2. The van der Waals surface area contributed by atoms with Crippen LogP contribution in [-0.4, -0.2) is 25.7 Å². The summed E-state index contributed by atoms with van der Waals surface area (Å²) in [6.45, 7) is 5.28. The van der Waals surface area contributed by atoms with Crippen LogP contribution in [-0.2, 0) is 10.0 Å². The standard InChI is InChI=1S/C26H25NO5S/c1-15-5-9-20(10-6-15)33(30,31)27-22-13-16(2)26(29)24(17(22)3)25-21-11-8-19(32-4)14-18(21)7-12-23(25)28/h5-14,27-29H,1-4H3. The Bertz CT molecular complexity index is 1480. The Morgan fingerprint density at radius 1 is 0.848 bits per heavy atom. The molecule has 0 aliphatic heterocycles. The van der Waals surface area contributed by atoms with E-state index in [0.717, 1.165) is 10.9 Å². The summed E-state index contributed by atoms with van der Waals surface area (Å²) in [5.74, 6) is 0.615. The van der Waals surface area contributed by atoms with Crippen LogP contribution >= 0.6 is 0 Å². The van der Waals surface area contributed by atoms with Crippen molar-refractivity contribution in [2.75, 3.05) is 11.8 Å². The lowest BCUT2D eigenvalue weighted by molar-refractivity contribution is 0.415. The Morgan fingerprint density at radius 2 is 1.55 bits per heavy atom. The Morgan fingerprint density at radius 3 is 2.21 bits per heavy atom. The van der Waals surface area contributed by atoms with Crippen LogP contribution in [0.1, 0.15) is 16.7 Å². The number of anilines is 1. The highest BCUT2D eigenvalue weighted by molar-refractivity contribution is 7.92. The van der Waals surface area contributed by atoms with Gasteiger partial charge in [0.2, 0.25) is 0 Å². The molecule has 4 rings (SSSR count). The smallest absolute Gasteiger partial charge is 0.261 e. The molecule has 0 spiro atoms. The Balaban J connectivity index is 1.92. The molecule has 0 amide bonds. The lowest BCUT2D eigenvalue weighted by atomic mass is 9.91. The number of fused-ring (bicyclic) bond motifs is 1. The van der Waals surface area contributed by atoms with Gasteiger partial charge in [0.1, 0.15) is 17.2 Å². The number of hydrogen-bond donors (Lipinski definition) is 3. The predicted molar refractivity (Wildman–Crippen MR) is 131 cm³/mol. The Kier molecular flexibility index (Phi) is 5.68. The van der Waals surface area contributed by atoms with Crippen molar-refractivity contribution in [3.8, 4) is 28.4 Å². The first-order chi connectivity index (χ1) is 15.6. The van der Waals surface area contributed by atoms with Crippen molar-refractivity contribution >= 4 is 26.5 Å². The highest BCUT2D eigenvalue weighted by Gasteiger charge is 2.23. The predicted octanol–water partition coefficient (Wildman–Crippen LogP) is 5.65. The summed E-state index contributed by atoms with van der Waals surface area (Å²) in [6, 6.07) is 16.9. The zero-order valence-corrected chi connectivity index (χ0v) is 19.6. The molecule has 4 aromatic rings.